The number of thiocarbonyl (C=S) groups is 1. The van der Waals surface area contributed by atoms with Gasteiger partial charge in [0.05, 0.1) is 4.99 Å². The lowest BCUT2D eigenvalue weighted by atomic mass is 9.98. The minimum atomic E-state index is 0.466. The molecular formula is C13H28N2S. The van der Waals surface area contributed by atoms with Gasteiger partial charge in [0.25, 0.3) is 0 Å². The van der Waals surface area contributed by atoms with Crippen LogP contribution in [0.1, 0.15) is 52.9 Å². The van der Waals surface area contributed by atoms with E-state index in [1.165, 1.54) is 32.2 Å². The SMILES string of the molecule is CCCCC(CC)CN(C)C(C)CC(N)=S. The Morgan fingerprint density at radius 2 is 2.00 bits per heavy atom. The van der Waals surface area contributed by atoms with Crippen molar-refractivity contribution in [3.05, 3.63) is 0 Å². The molecule has 0 aliphatic rings. The molecule has 0 spiro atoms. The number of nitrogens with two attached hydrogens (primary N) is 1. The summed E-state index contributed by atoms with van der Waals surface area (Å²) in [5, 5.41) is 0. The Morgan fingerprint density at radius 3 is 2.44 bits per heavy atom. The van der Waals surface area contributed by atoms with E-state index in [0.717, 1.165) is 12.3 Å². The summed E-state index contributed by atoms with van der Waals surface area (Å²) in [5.74, 6) is 0.818. The number of hydrogen-bond donors (Lipinski definition) is 1. The predicted octanol–water partition coefficient (Wildman–Crippen LogP) is 3.20. The second-order valence-corrected chi connectivity index (χ2v) is 5.40. The van der Waals surface area contributed by atoms with Gasteiger partial charge in [0.2, 0.25) is 0 Å². The number of hydrogen-bond acceptors (Lipinski definition) is 2. The van der Waals surface area contributed by atoms with E-state index in [1.807, 2.05) is 0 Å². The molecule has 2 nitrogen and oxygen atoms in total. The zero-order valence-corrected chi connectivity index (χ0v) is 12.1. The number of nitrogens with zero attached hydrogens (tertiary/aromatic N) is 1. The van der Waals surface area contributed by atoms with Crippen LogP contribution in [0.4, 0.5) is 0 Å². The second kappa shape index (κ2) is 8.94. The summed E-state index contributed by atoms with van der Waals surface area (Å²) >= 11 is 4.95. The number of rotatable bonds is 9. The van der Waals surface area contributed by atoms with Crippen molar-refractivity contribution in [3.63, 3.8) is 0 Å². The lowest BCUT2D eigenvalue weighted by Gasteiger charge is -2.28. The van der Waals surface area contributed by atoms with Crippen LogP contribution in [0.5, 0.6) is 0 Å². The molecule has 0 fully saturated rings. The maximum Gasteiger partial charge on any atom is 0.0742 e. The van der Waals surface area contributed by atoms with Gasteiger partial charge in [-0.25, -0.2) is 0 Å². The lowest BCUT2D eigenvalue weighted by Crippen LogP contribution is -2.36. The highest BCUT2D eigenvalue weighted by Gasteiger charge is 2.14. The second-order valence-electron chi connectivity index (χ2n) is 4.88. The third kappa shape index (κ3) is 7.18. The van der Waals surface area contributed by atoms with E-state index < -0.39 is 0 Å². The minimum absolute atomic E-state index is 0.466. The van der Waals surface area contributed by atoms with E-state index in [2.05, 4.69) is 32.7 Å². The van der Waals surface area contributed by atoms with Crippen molar-refractivity contribution >= 4 is 17.2 Å². The van der Waals surface area contributed by atoms with Crippen LogP contribution in [0, 0.1) is 5.92 Å². The molecule has 2 unspecified atom stereocenters. The van der Waals surface area contributed by atoms with Crippen LogP contribution in [0.3, 0.4) is 0 Å². The van der Waals surface area contributed by atoms with Gasteiger partial charge in [0, 0.05) is 19.0 Å². The standard InChI is InChI=1S/C13H28N2S/c1-5-7-8-12(6-2)10-15(4)11(3)9-13(14)16/h11-12H,5-10H2,1-4H3,(H2,14,16). The summed E-state index contributed by atoms with van der Waals surface area (Å²) in [6.45, 7) is 7.91. The van der Waals surface area contributed by atoms with Crippen molar-refractivity contribution < 1.29 is 0 Å². The van der Waals surface area contributed by atoms with Crippen molar-refractivity contribution in [1.29, 1.82) is 0 Å². The largest absolute Gasteiger partial charge is 0.393 e. The Bertz CT molecular complexity index is 194. The van der Waals surface area contributed by atoms with Crippen molar-refractivity contribution in [2.24, 2.45) is 11.7 Å². The van der Waals surface area contributed by atoms with Gasteiger partial charge in [0.15, 0.2) is 0 Å². The van der Waals surface area contributed by atoms with Gasteiger partial charge in [-0.05, 0) is 26.3 Å². The molecule has 0 heterocycles. The molecule has 0 aromatic rings. The average molecular weight is 244 g/mol. The zero-order valence-electron chi connectivity index (χ0n) is 11.3. The molecule has 3 heteroatoms. The smallest absolute Gasteiger partial charge is 0.0742 e. The normalized spacial score (nSPS) is 15.1. The molecule has 16 heavy (non-hydrogen) atoms. The first-order chi connectivity index (χ1) is 7.51. The van der Waals surface area contributed by atoms with E-state index in [9.17, 15) is 0 Å². The van der Waals surface area contributed by atoms with E-state index >= 15 is 0 Å². The predicted molar refractivity (Wildman–Crippen MR) is 76.8 cm³/mol. The third-order valence-electron chi connectivity index (χ3n) is 3.34. The van der Waals surface area contributed by atoms with Gasteiger partial charge >= 0.3 is 0 Å². The highest BCUT2D eigenvalue weighted by Crippen LogP contribution is 2.15. The Morgan fingerprint density at radius 1 is 1.38 bits per heavy atom. The molecule has 2 N–H and O–H groups in total. The fraction of sp³-hybridized carbons (Fsp3) is 0.923. The van der Waals surface area contributed by atoms with Crippen LogP contribution in [0.15, 0.2) is 0 Å². The van der Waals surface area contributed by atoms with Gasteiger partial charge < -0.3 is 10.6 Å². The summed E-state index contributed by atoms with van der Waals surface area (Å²) in [7, 11) is 2.18. The van der Waals surface area contributed by atoms with E-state index in [4.69, 9.17) is 18.0 Å². The Balaban J connectivity index is 3.97. The Kier molecular flexibility index (Phi) is 8.86. The van der Waals surface area contributed by atoms with Crippen molar-refractivity contribution in [2.75, 3.05) is 13.6 Å². The minimum Gasteiger partial charge on any atom is -0.393 e. The molecule has 0 aromatic carbocycles. The van der Waals surface area contributed by atoms with E-state index in [1.54, 1.807) is 0 Å². The van der Waals surface area contributed by atoms with Crippen LogP contribution in [-0.2, 0) is 0 Å². The van der Waals surface area contributed by atoms with Gasteiger partial charge in [-0.15, -0.1) is 0 Å². The molecule has 0 aliphatic carbocycles. The number of unbranched alkanes of at least 4 members (excludes halogenated alkanes) is 1. The first-order valence-corrected chi connectivity index (χ1v) is 6.90. The molecular weight excluding hydrogens is 216 g/mol. The maximum absolute atomic E-state index is 5.58. The molecule has 96 valence electrons. The van der Waals surface area contributed by atoms with Crippen LogP contribution in [-0.4, -0.2) is 29.5 Å². The van der Waals surface area contributed by atoms with Crippen LogP contribution in [0.2, 0.25) is 0 Å². The molecule has 0 aliphatic heterocycles. The maximum atomic E-state index is 5.58. The van der Waals surface area contributed by atoms with Crippen LogP contribution < -0.4 is 5.73 Å². The van der Waals surface area contributed by atoms with Crippen LogP contribution >= 0.6 is 12.2 Å². The summed E-state index contributed by atoms with van der Waals surface area (Å²) < 4.78 is 0. The molecule has 0 aromatic heterocycles. The first kappa shape index (κ1) is 15.9. The molecule has 0 rings (SSSR count). The highest BCUT2D eigenvalue weighted by molar-refractivity contribution is 7.80. The van der Waals surface area contributed by atoms with Gasteiger partial charge in [0.1, 0.15) is 0 Å². The van der Waals surface area contributed by atoms with Crippen molar-refractivity contribution in [2.45, 2.75) is 58.9 Å². The highest BCUT2D eigenvalue weighted by atomic mass is 32.1. The van der Waals surface area contributed by atoms with E-state index in [0.29, 0.717) is 11.0 Å². The first-order valence-electron chi connectivity index (χ1n) is 6.49. The topological polar surface area (TPSA) is 29.3 Å². The molecule has 0 bridgehead atoms. The monoisotopic (exact) mass is 244 g/mol. The Labute approximate surface area is 107 Å². The fourth-order valence-electron chi connectivity index (χ4n) is 1.95. The van der Waals surface area contributed by atoms with Crippen molar-refractivity contribution in [1.82, 2.24) is 4.90 Å². The zero-order chi connectivity index (χ0) is 12.6. The molecule has 0 radical (unpaired) electrons. The van der Waals surface area contributed by atoms with Gasteiger partial charge in [-0.2, -0.15) is 0 Å². The van der Waals surface area contributed by atoms with Crippen LogP contribution in [0.25, 0.3) is 0 Å². The molecule has 0 saturated heterocycles. The van der Waals surface area contributed by atoms with E-state index in [-0.39, 0.29) is 0 Å². The Hall–Kier alpha value is -0.150. The molecule has 0 amide bonds. The molecule has 0 saturated carbocycles. The summed E-state index contributed by atoms with van der Waals surface area (Å²) in [4.78, 5) is 3.02. The third-order valence-corrected chi connectivity index (χ3v) is 3.51. The summed E-state index contributed by atoms with van der Waals surface area (Å²) in [6, 6.07) is 0.466. The average Bonchev–Trinajstić information content (AvgIpc) is 2.22. The summed E-state index contributed by atoms with van der Waals surface area (Å²) in [5.41, 5.74) is 5.58. The fourth-order valence-corrected chi connectivity index (χ4v) is 2.19. The lowest BCUT2D eigenvalue weighted by molar-refractivity contribution is 0.211. The summed E-state index contributed by atoms with van der Waals surface area (Å²) in [6.07, 6.45) is 6.08. The van der Waals surface area contributed by atoms with Crippen molar-refractivity contribution in [3.8, 4) is 0 Å². The quantitative estimate of drug-likeness (QED) is 0.632. The van der Waals surface area contributed by atoms with Gasteiger partial charge in [-0.1, -0.05) is 45.3 Å². The van der Waals surface area contributed by atoms with Gasteiger partial charge in [-0.3, -0.25) is 0 Å². The molecule has 2 atom stereocenters.